The summed E-state index contributed by atoms with van der Waals surface area (Å²) in [6.45, 7) is 5.22. The number of likely N-dealkylation sites (N-methyl/N-ethyl adjacent to an activating group) is 1. The second-order valence-corrected chi connectivity index (χ2v) is 9.87. The third-order valence-corrected chi connectivity index (χ3v) is 6.91. The van der Waals surface area contributed by atoms with Crippen LogP contribution in [0.4, 0.5) is 5.69 Å². The Morgan fingerprint density at radius 3 is 2.36 bits per heavy atom. The summed E-state index contributed by atoms with van der Waals surface area (Å²) in [5.41, 5.74) is 2.68. The van der Waals surface area contributed by atoms with E-state index in [1.165, 1.54) is 12.8 Å². The Morgan fingerprint density at radius 1 is 1.06 bits per heavy atom. The first kappa shape index (κ1) is 25.1. The molecule has 0 aliphatic carbocycles. The smallest absolute Gasteiger partial charge is 0.233 e. The largest absolute Gasteiger partial charge is 0.337 e. The van der Waals surface area contributed by atoms with Crippen molar-refractivity contribution in [3.8, 4) is 0 Å². The number of nitrogens with zero attached hydrogens (tertiary/aromatic N) is 2. The van der Waals surface area contributed by atoms with Crippen molar-refractivity contribution in [3.05, 3.63) is 65.7 Å². The summed E-state index contributed by atoms with van der Waals surface area (Å²) in [6, 6.07) is 17.2. The van der Waals surface area contributed by atoms with Crippen molar-refractivity contribution in [2.75, 3.05) is 37.8 Å². The molecule has 1 fully saturated rings. The number of hydrogen-bond acceptors (Lipinski definition) is 4. The lowest BCUT2D eigenvalue weighted by Crippen LogP contribution is -2.39. The zero-order chi connectivity index (χ0) is 23.6. The van der Waals surface area contributed by atoms with Gasteiger partial charge >= 0.3 is 0 Å². The number of nitrogens with one attached hydrogen (secondary N) is 2. The predicted molar refractivity (Wildman–Crippen MR) is 133 cm³/mol. The van der Waals surface area contributed by atoms with Crippen LogP contribution in [0.2, 0.25) is 0 Å². The van der Waals surface area contributed by atoms with Crippen molar-refractivity contribution >= 4 is 28.5 Å². The predicted octanol–water partition coefficient (Wildman–Crippen LogP) is 3.08. The summed E-state index contributed by atoms with van der Waals surface area (Å²) in [4.78, 5) is 29.6. The molecule has 2 atom stereocenters. The maximum atomic E-state index is 13.0. The molecule has 2 aromatic rings. The lowest BCUT2D eigenvalue weighted by Gasteiger charge is -2.32. The maximum Gasteiger partial charge on any atom is 0.233 e. The molecular weight excluding hydrogens is 436 g/mol. The molecule has 7 nitrogen and oxygen atoms in total. The standard InChI is InChI=1S/C25H34N4O3S/c1-3-33(32)26-18-20-11-13-22(14-12-20)27-24(30)17-25(31)28(2)23(19-29-15-7-8-16-29)21-9-5-4-6-10-21/h4-6,9-14,23,26H,3,7-8,15-19H2,1-2H3,(H,27,30). The molecular formula is C25H34N4O3S. The Morgan fingerprint density at radius 2 is 1.73 bits per heavy atom. The minimum atomic E-state index is -1.04. The first-order valence-electron chi connectivity index (χ1n) is 11.5. The molecule has 1 aliphatic rings. The van der Waals surface area contributed by atoms with Gasteiger partial charge in [-0.15, -0.1) is 0 Å². The van der Waals surface area contributed by atoms with Crippen molar-refractivity contribution in [3.63, 3.8) is 0 Å². The summed E-state index contributed by atoms with van der Waals surface area (Å²) in [6.07, 6.45) is 2.17. The number of carbonyl (C=O) groups is 2. The van der Waals surface area contributed by atoms with E-state index in [0.717, 1.165) is 30.8 Å². The van der Waals surface area contributed by atoms with Gasteiger partial charge in [0, 0.05) is 31.6 Å². The van der Waals surface area contributed by atoms with Crippen LogP contribution in [0.3, 0.4) is 0 Å². The fourth-order valence-electron chi connectivity index (χ4n) is 3.95. The summed E-state index contributed by atoms with van der Waals surface area (Å²) in [7, 11) is 0.745. The number of benzene rings is 2. The average molecular weight is 471 g/mol. The highest BCUT2D eigenvalue weighted by molar-refractivity contribution is 7.82. The Kier molecular flexibility index (Phi) is 9.60. The fourth-order valence-corrected chi connectivity index (χ4v) is 4.48. The van der Waals surface area contributed by atoms with Gasteiger partial charge in [0.1, 0.15) is 6.42 Å². The van der Waals surface area contributed by atoms with Gasteiger partial charge in [0.2, 0.25) is 11.8 Å². The maximum absolute atomic E-state index is 13.0. The molecule has 0 bridgehead atoms. The molecule has 2 unspecified atom stereocenters. The van der Waals surface area contributed by atoms with Crippen LogP contribution in [0.15, 0.2) is 54.6 Å². The zero-order valence-electron chi connectivity index (χ0n) is 19.5. The molecule has 1 aliphatic heterocycles. The topological polar surface area (TPSA) is 81.8 Å². The van der Waals surface area contributed by atoms with E-state index in [0.29, 0.717) is 18.0 Å². The van der Waals surface area contributed by atoms with Crippen LogP contribution in [0.25, 0.3) is 0 Å². The fraction of sp³-hybridized carbons (Fsp3) is 0.440. The van der Waals surface area contributed by atoms with Crippen LogP contribution >= 0.6 is 0 Å². The molecule has 178 valence electrons. The van der Waals surface area contributed by atoms with Crippen molar-refractivity contribution in [2.45, 2.75) is 38.8 Å². The van der Waals surface area contributed by atoms with Gasteiger partial charge in [-0.05, 0) is 49.2 Å². The number of anilines is 1. The third kappa shape index (κ3) is 7.77. The Labute approximate surface area is 199 Å². The molecule has 8 heteroatoms. The van der Waals surface area contributed by atoms with Crippen LogP contribution in [0.1, 0.15) is 43.4 Å². The van der Waals surface area contributed by atoms with Gasteiger partial charge in [-0.25, -0.2) is 8.93 Å². The summed E-state index contributed by atoms with van der Waals surface area (Å²) < 4.78 is 14.4. The highest BCUT2D eigenvalue weighted by atomic mass is 32.2. The lowest BCUT2D eigenvalue weighted by molar-refractivity contribution is -0.135. The first-order chi connectivity index (χ1) is 16.0. The van der Waals surface area contributed by atoms with E-state index in [-0.39, 0.29) is 24.3 Å². The number of rotatable bonds is 11. The van der Waals surface area contributed by atoms with Gasteiger partial charge in [-0.1, -0.05) is 49.4 Å². The van der Waals surface area contributed by atoms with Crippen LogP contribution in [-0.4, -0.2) is 58.3 Å². The molecule has 1 saturated heterocycles. The highest BCUT2D eigenvalue weighted by Crippen LogP contribution is 2.23. The Hall–Kier alpha value is -2.55. The minimum absolute atomic E-state index is 0.0925. The average Bonchev–Trinajstić information content (AvgIpc) is 3.35. The van der Waals surface area contributed by atoms with Gasteiger partial charge in [-0.3, -0.25) is 9.59 Å². The van der Waals surface area contributed by atoms with Gasteiger partial charge in [-0.2, -0.15) is 0 Å². The van der Waals surface area contributed by atoms with Crippen LogP contribution in [0.5, 0.6) is 0 Å². The molecule has 3 rings (SSSR count). The SMILES string of the molecule is CCS(=O)NCc1ccc(NC(=O)CC(=O)N(C)C(CN2CCCC2)c2ccccc2)cc1. The molecule has 33 heavy (non-hydrogen) atoms. The van der Waals surface area contributed by atoms with E-state index in [2.05, 4.69) is 14.9 Å². The van der Waals surface area contributed by atoms with Crippen LogP contribution in [-0.2, 0) is 27.1 Å². The first-order valence-corrected chi connectivity index (χ1v) is 12.8. The van der Waals surface area contributed by atoms with E-state index in [9.17, 15) is 13.8 Å². The molecule has 1 heterocycles. The third-order valence-electron chi connectivity index (χ3n) is 5.92. The summed E-state index contributed by atoms with van der Waals surface area (Å²) in [5, 5.41) is 2.81. The van der Waals surface area contributed by atoms with E-state index in [1.807, 2.05) is 49.4 Å². The quantitative estimate of drug-likeness (QED) is 0.495. The van der Waals surface area contributed by atoms with E-state index >= 15 is 0 Å². The summed E-state index contributed by atoms with van der Waals surface area (Å²) >= 11 is 0. The number of amides is 2. The molecule has 0 aromatic heterocycles. The Balaban J connectivity index is 1.56. The monoisotopic (exact) mass is 470 g/mol. The highest BCUT2D eigenvalue weighted by Gasteiger charge is 2.26. The van der Waals surface area contributed by atoms with Gasteiger partial charge < -0.3 is 15.1 Å². The van der Waals surface area contributed by atoms with Crippen molar-refractivity contribution in [1.29, 1.82) is 0 Å². The van der Waals surface area contributed by atoms with Gasteiger partial charge in [0.05, 0.1) is 17.0 Å². The van der Waals surface area contributed by atoms with Crippen LogP contribution < -0.4 is 10.0 Å². The number of hydrogen-bond donors (Lipinski definition) is 2. The summed E-state index contributed by atoms with van der Waals surface area (Å²) in [5.74, 6) is 0.0148. The minimum Gasteiger partial charge on any atom is -0.337 e. The molecule has 2 aromatic carbocycles. The van der Waals surface area contributed by atoms with Crippen molar-refractivity contribution in [1.82, 2.24) is 14.5 Å². The van der Waals surface area contributed by atoms with Crippen LogP contribution in [0, 0.1) is 0 Å². The van der Waals surface area contributed by atoms with Crippen molar-refractivity contribution in [2.24, 2.45) is 0 Å². The number of likely N-dealkylation sites (tertiary alicyclic amines) is 1. The molecule has 0 spiro atoms. The molecule has 2 amide bonds. The van der Waals surface area contributed by atoms with E-state index < -0.39 is 11.0 Å². The number of carbonyl (C=O) groups excluding carboxylic acids is 2. The molecule has 0 saturated carbocycles. The van der Waals surface area contributed by atoms with Crippen molar-refractivity contribution < 1.29 is 13.8 Å². The molecule has 0 radical (unpaired) electrons. The normalized spacial score (nSPS) is 15.7. The zero-order valence-corrected chi connectivity index (χ0v) is 20.3. The van der Waals surface area contributed by atoms with Gasteiger partial charge in [0.15, 0.2) is 0 Å². The van der Waals surface area contributed by atoms with E-state index in [4.69, 9.17) is 0 Å². The van der Waals surface area contributed by atoms with E-state index in [1.54, 1.807) is 24.1 Å². The second-order valence-electron chi connectivity index (χ2n) is 8.32. The van der Waals surface area contributed by atoms with Gasteiger partial charge in [0.25, 0.3) is 0 Å². The second kappa shape index (κ2) is 12.6. The lowest BCUT2D eigenvalue weighted by atomic mass is 10.0. The molecule has 2 N–H and O–H groups in total. The Bertz CT molecular complexity index is 930.